The van der Waals surface area contributed by atoms with E-state index < -0.39 is 5.97 Å². The first-order chi connectivity index (χ1) is 11.0. The van der Waals surface area contributed by atoms with E-state index >= 15 is 0 Å². The average Bonchev–Trinajstić information content (AvgIpc) is 2.80. The number of hydrogen-bond acceptors (Lipinski definition) is 3. The Morgan fingerprint density at radius 2 is 1.78 bits per heavy atom. The Bertz CT molecular complexity index is 655. The molecule has 1 fully saturated rings. The maximum Gasteiger partial charge on any atom is 0.306 e. The second-order valence-corrected chi connectivity index (χ2v) is 5.88. The number of nitrogens with zero attached hydrogens (tertiary/aromatic N) is 2. The largest absolute Gasteiger partial charge is 0.481 e. The predicted molar refractivity (Wildman–Crippen MR) is 83.5 cm³/mol. The van der Waals surface area contributed by atoms with E-state index in [1.165, 1.54) is 4.90 Å². The molecule has 2 aliphatic heterocycles. The number of piperidine rings is 1. The highest BCUT2D eigenvalue weighted by atomic mass is 16.4. The van der Waals surface area contributed by atoms with Crippen LogP contribution >= 0.6 is 0 Å². The molecule has 0 bridgehead atoms. The lowest BCUT2D eigenvalue weighted by molar-refractivity contribution is -0.145. The number of carboxylic acids is 1. The molecule has 1 N–H and O–H groups in total. The van der Waals surface area contributed by atoms with E-state index in [4.69, 9.17) is 5.11 Å². The Balaban J connectivity index is 1.65. The van der Waals surface area contributed by atoms with Gasteiger partial charge in [-0.25, -0.2) is 0 Å². The molecule has 0 atom stereocenters. The number of hydrogen-bond donors (Lipinski definition) is 1. The van der Waals surface area contributed by atoms with Crippen molar-refractivity contribution in [3.8, 4) is 0 Å². The van der Waals surface area contributed by atoms with Crippen molar-refractivity contribution in [3.05, 3.63) is 42.0 Å². The molecule has 23 heavy (non-hydrogen) atoms. The highest BCUT2D eigenvalue weighted by Crippen LogP contribution is 2.31. The van der Waals surface area contributed by atoms with Gasteiger partial charge >= 0.3 is 5.97 Å². The zero-order valence-electron chi connectivity index (χ0n) is 12.7. The third kappa shape index (κ3) is 2.72. The monoisotopic (exact) mass is 314 g/mol. The van der Waals surface area contributed by atoms with Crippen LogP contribution in [0, 0.1) is 5.92 Å². The van der Waals surface area contributed by atoms with Crippen LogP contribution < -0.4 is 0 Å². The van der Waals surface area contributed by atoms with Crippen molar-refractivity contribution in [1.82, 2.24) is 9.80 Å². The summed E-state index contributed by atoms with van der Waals surface area (Å²) >= 11 is 0. The minimum absolute atomic E-state index is 0.0515. The quantitative estimate of drug-likeness (QED) is 0.915. The molecule has 6 nitrogen and oxygen atoms in total. The molecule has 2 aliphatic rings. The van der Waals surface area contributed by atoms with E-state index in [1.807, 2.05) is 12.1 Å². The van der Waals surface area contributed by atoms with Gasteiger partial charge in [0, 0.05) is 29.9 Å². The second kappa shape index (κ2) is 5.87. The Kier molecular flexibility index (Phi) is 3.90. The van der Waals surface area contributed by atoms with Crippen molar-refractivity contribution in [3.63, 3.8) is 0 Å². The van der Waals surface area contributed by atoms with Crippen LogP contribution in [0.2, 0.25) is 0 Å². The van der Waals surface area contributed by atoms with Crippen LogP contribution in [0.25, 0.3) is 5.70 Å². The lowest BCUT2D eigenvalue weighted by Crippen LogP contribution is -2.45. The summed E-state index contributed by atoms with van der Waals surface area (Å²) in [6.45, 7) is 4.69. The molecule has 0 radical (unpaired) electrons. The van der Waals surface area contributed by atoms with E-state index in [0.717, 1.165) is 5.56 Å². The summed E-state index contributed by atoms with van der Waals surface area (Å²) in [7, 11) is 0. The molecule has 6 heteroatoms. The molecule has 0 aromatic heterocycles. The third-order valence-corrected chi connectivity index (χ3v) is 4.53. The molecule has 0 unspecified atom stereocenters. The van der Waals surface area contributed by atoms with Gasteiger partial charge in [-0.1, -0.05) is 24.8 Å². The summed E-state index contributed by atoms with van der Waals surface area (Å²) in [4.78, 5) is 38.8. The molecule has 0 saturated carbocycles. The van der Waals surface area contributed by atoms with Gasteiger partial charge < -0.3 is 10.0 Å². The van der Waals surface area contributed by atoms with Crippen LogP contribution in [0.15, 0.2) is 30.8 Å². The van der Waals surface area contributed by atoms with Crippen LogP contribution in [0.1, 0.15) is 28.8 Å². The maximum atomic E-state index is 12.4. The standard InChI is InChI=1S/C17H18N2O4/c1-11-13-4-2-3-5-14(13)16(21)19(11)10-15(20)18-8-6-12(7-9-18)17(22)23/h2-5,12H,1,6-10H2,(H,22,23). The first-order valence-corrected chi connectivity index (χ1v) is 7.60. The highest BCUT2D eigenvalue weighted by molar-refractivity contribution is 6.10. The number of aliphatic carboxylic acids is 1. The van der Waals surface area contributed by atoms with E-state index in [0.29, 0.717) is 37.2 Å². The van der Waals surface area contributed by atoms with Crippen molar-refractivity contribution in [1.29, 1.82) is 0 Å². The topological polar surface area (TPSA) is 77.9 Å². The van der Waals surface area contributed by atoms with Gasteiger partial charge in [-0.15, -0.1) is 0 Å². The van der Waals surface area contributed by atoms with Crippen LogP contribution in [0.3, 0.4) is 0 Å². The molecule has 2 heterocycles. The van der Waals surface area contributed by atoms with Crippen LogP contribution in [-0.2, 0) is 9.59 Å². The Morgan fingerprint density at radius 1 is 1.17 bits per heavy atom. The third-order valence-electron chi connectivity index (χ3n) is 4.53. The summed E-state index contributed by atoms with van der Waals surface area (Å²) in [5.41, 5.74) is 1.86. The van der Waals surface area contributed by atoms with Crippen molar-refractivity contribution in [2.45, 2.75) is 12.8 Å². The molecule has 3 rings (SSSR count). The number of carbonyl (C=O) groups is 3. The second-order valence-electron chi connectivity index (χ2n) is 5.88. The van der Waals surface area contributed by atoms with E-state index in [9.17, 15) is 14.4 Å². The number of carbonyl (C=O) groups excluding carboxylic acids is 2. The van der Waals surface area contributed by atoms with Gasteiger partial charge in [0.2, 0.25) is 5.91 Å². The van der Waals surface area contributed by atoms with Crippen LogP contribution in [-0.4, -0.2) is 52.3 Å². The summed E-state index contributed by atoms with van der Waals surface area (Å²) in [5.74, 6) is -1.57. The van der Waals surface area contributed by atoms with Crippen molar-refractivity contribution in [2.24, 2.45) is 5.92 Å². The predicted octanol–water partition coefficient (Wildman–Crippen LogP) is 1.44. The zero-order valence-corrected chi connectivity index (χ0v) is 12.7. The summed E-state index contributed by atoms with van der Waals surface area (Å²) in [6.07, 6.45) is 0.909. The number of carboxylic acid groups (broad SMARTS) is 1. The molecule has 1 aromatic carbocycles. The van der Waals surface area contributed by atoms with Gasteiger partial charge in [0.25, 0.3) is 5.91 Å². The minimum atomic E-state index is -0.810. The smallest absolute Gasteiger partial charge is 0.306 e. The fourth-order valence-electron chi connectivity index (χ4n) is 3.11. The normalized spacial score (nSPS) is 18.3. The van der Waals surface area contributed by atoms with Crippen molar-refractivity contribution in [2.75, 3.05) is 19.6 Å². The van der Waals surface area contributed by atoms with Gasteiger partial charge in [-0.05, 0) is 18.9 Å². The Labute approximate surface area is 134 Å². The molecule has 1 saturated heterocycles. The van der Waals surface area contributed by atoms with Crippen molar-refractivity contribution < 1.29 is 19.5 Å². The van der Waals surface area contributed by atoms with Gasteiger partial charge in [0.15, 0.2) is 0 Å². The lowest BCUT2D eigenvalue weighted by Gasteiger charge is -2.31. The molecule has 0 aliphatic carbocycles. The fraction of sp³-hybridized carbons (Fsp3) is 0.353. The van der Waals surface area contributed by atoms with Crippen molar-refractivity contribution >= 4 is 23.5 Å². The highest BCUT2D eigenvalue weighted by Gasteiger charge is 2.34. The maximum absolute atomic E-state index is 12.4. The van der Waals surface area contributed by atoms with Gasteiger partial charge in [-0.3, -0.25) is 19.3 Å². The molecule has 1 aromatic rings. The summed E-state index contributed by atoms with van der Waals surface area (Å²) in [6, 6.07) is 7.16. The van der Waals surface area contributed by atoms with Crippen LogP contribution in [0.5, 0.6) is 0 Å². The van der Waals surface area contributed by atoms with Crippen LogP contribution in [0.4, 0.5) is 0 Å². The minimum Gasteiger partial charge on any atom is -0.481 e. The zero-order chi connectivity index (χ0) is 16.6. The van der Waals surface area contributed by atoms with Gasteiger partial charge in [0.05, 0.1) is 5.92 Å². The van der Waals surface area contributed by atoms with Gasteiger partial charge in [-0.2, -0.15) is 0 Å². The number of likely N-dealkylation sites (tertiary alicyclic amines) is 1. The van der Waals surface area contributed by atoms with E-state index in [1.54, 1.807) is 17.0 Å². The van der Waals surface area contributed by atoms with E-state index in [2.05, 4.69) is 6.58 Å². The number of rotatable bonds is 3. The van der Waals surface area contributed by atoms with E-state index in [-0.39, 0.29) is 24.3 Å². The molecular weight excluding hydrogens is 296 g/mol. The number of fused-ring (bicyclic) bond motifs is 1. The van der Waals surface area contributed by atoms with Gasteiger partial charge in [0.1, 0.15) is 6.54 Å². The number of amides is 2. The Hall–Kier alpha value is -2.63. The fourth-order valence-corrected chi connectivity index (χ4v) is 3.11. The first kappa shape index (κ1) is 15.3. The number of benzene rings is 1. The molecule has 2 amide bonds. The Morgan fingerprint density at radius 3 is 2.35 bits per heavy atom. The summed E-state index contributed by atoms with van der Waals surface area (Å²) < 4.78 is 0. The first-order valence-electron chi connectivity index (χ1n) is 7.60. The summed E-state index contributed by atoms with van der Waals surface area (Å²) in [5, 5.41) is 8.99. The molecule has 120 valence electrons. The lowest BCUT2D eigenvalue weighted by atomic mass is 9.97. The average molecular weight is 314 g/mol. The molecular formula is C17H18N2O4. The molecule has 0 spiro atoms. The SMILES string of the molecule is C=C1c2ccccc2C(=O)N1CC(=O)N1CCC(C(=O)O)CC1.